The van der Waals surface area contributed by atoms with E-state index in [9.17, 15) is 14.0 Å². The van der Waals surface area contributed by atoms with Crippen LogP contribution in [0.4, 0.5) is 4.39 Å². The Morgan fingerprint density at radius 3 is 2.77 bits per heavy atom. The molecule has 9 nitrogen and oxygen atoms in total. The lowest BCUT2D eigenvalue weighted by atomic mass is 10.1. The third-order valence-electron chi connectivity index (χ3n) is 4.80. The molecule has 0 saturated heterocycles. The predicted octanol–water partition coefficient (Wildman–Crippen LogP) is 2.34. The van der Waals surface area contributed by atoms with Crippen LogP contribution in [0.15, 0.2) is 59.8 Å². The van der Waals surface area contributed by atoms with Crippen LogP contribution in [-0.4, -0.2) is 40.6 Å². The van der Waals surface area contributed by atoms with Crippen LogP contribution in [0.5, 0.6) is 0 Å². The molecule has 5 rings (SSSR count). The van der Waals surface area contributed by atoms with E-state index in [0.29, 0.717) is 10.9 Å². The van der Waals surface area contributed by atoms with Crippen molar-refractivity contribution in [2.45, 2.75) is 6.54 Å². The lowest BCUT2D eigenvalue weighted by molar-refractivity contribution is 0.0697. The number of aromatic nitrogens is 6. The number of carboxylic acid groups (broad SMARTS) is 1. The number of rotatable bonds is 4. The van der Waals surface area contributed by atoms with Crippen LogP contribution in [-0.2, 0) is 6.54 Å². The summed E-state index contributed by atoms with van der Waals surface area (Å²) in [5.41, 5.74) is 0.306. The molecule has 0 aliphatic rings. The zero-order valence-corrected chi connectivity index (χ0v) is 15.3. The van der Waals surface area contributed by atoms with Gasteiger partial charge in [0.25, 0.3) is 5.56 Å². The number of carbonyl (C=O) groups is 1. The van der Waals surface area contributed by atoms with Crippen LogP contribution in [0.25, 0.3) is 27.8 Å². The number of halogens is 1. The topological polar surface area (TPSA) is 119 Å². The van der Waals surface area contributed by atoms with Gasteiger partial charge in [-0.2, -0.15) is 10.2 Å². The minimum absolute atomic E-state index is 0.0415. The normalized spacial score (nSPS) is 11.4. The van der Waals surface area contributed by atoms with Crippen LogP contribution in [0, 0.1) is 5.82 Å². The maximum Gasteiger partial charge on any atom is 0.338 e. The Kier molecular flexibility index (Phi) is 3.91. The highest BCUT2D eigenvalue weighted by atomic mass is 19.1. The summed E-state index contributed by atoms with van der Waals surface area (Å²) in [6.45, 7) is 0.0508. The average molecular weight is 404 g/mol. The lowest BCUT2D eigenvalue weighted by Crippen LogP contribution is -2.17. The van der Waals surface area contributed by atoms with Crippen LogP contribution in [0.1, 0.15) is 15.9 Å². The molecule has 2 aromatic carbocycles. The first-order valence-corrected chi connectivity index (χ1v) is 8.91. The molecule has 0 aliphatic heterocycles. The Hall–Kier alpha value is -4.34. The number of hydrogen-bond acceptors (Lipinski definition) is 5. The number of fused-ring (bicyclic) bond motifs is 2. The van der Waals surface area contributed by atoms with Gasteiger partial charge < -0.3 is 5.11 Å². The minimum atomic E-state index is -1.14. The Morgan fingerprint density at radius 2 is 1.97 bits per heavy atom. The highest BCUT2D eigenvalue weighted by molar-refractivity contribution is 5.87. The van der Waals surface area contributed by atoms with E-state index in [1.165, 1.54) is 17.1 Å². The van der Waals surface area contributed by atoms with E-state index in [1.54, 1.807) is 18.2 Å². The largest absolute Gasteiger partial charge is 0.478 e. The first-order chi connectivity index (χ1) is 14.5. The predicted molar refractivity (Wildman–Crippen MR) is 105 cm³/mol. The van der Waals surface area contributed by atoms with E-state index in [4.69, 9.17) is 5.11 Å². The molecule has 3 heterocycles. The molecule has 2 N–H and O–H groups in total. The molecule has 0 bridgehead atoms. The number of benzene rings is 2. The summed E-state index contributed by atoms with van der Waals surface area (Å²) in [6, 6.07) is 10.6. The molecule has 30 heavy (non-hydrogen) atoms. The summed E-state index contributed by atoms with van der Waals surface area (Å²) in [5, 5.41) is 18.4. The number of aromatic carboxylic acids is 1. The van der Waals surface area contributed by atoms with Gasteiger partial charge in [0.2, 0.25) is 5.95 Å². The molecule has 3 aromatic heterocycles. The number of nitrogens with zero attached hydrogens (tertiary/aromatic N) is 5. The van der Waals surface area contributed by atoms with Gasteiger partial charge in [-0.15, -0.1) is 0 Å². The molecule has 148 valence electrons. The highest BCUT2D eigenvalue weighted by Gasteiger charge is 2.15. The van der Waals surface area contributed by atoms with Gasteiger partial charge in [0.05, 0.1) is 24.5 Å². The van der Waals surface area contributed by atoms with Crippen LogP contribution < -0.4 is 5.56 Å². The fourth-order valence-electron chi connectivity index (χ4n) is 3.33. The quantitative estimate of drug-likeness (QED) is 0.475. The molecule has 0 fully saturated rings. The van der Waals surface area contributed by atoms with Gasteiger partial charge in [-0.05, 0) is 5.39 Å². The van der Waals surface area contributed by atoms with Crippen molar-refractivity contribution in [3.63, 3.8) is 0 Å². The number of hydrogen-bond donors (Lipinski definition) is 2. The van der Waals surface area contributed by atoms with Crippen molar-refractivity contribution in [2.75, 3.05) is 0 Å². The maximum atomic E-state index is 14.9. The van der Waals surface area contributed by atoms with Gasteiger partial charge in [0, 0.05) is 17.1 Å². The smallest absolute Gasteiger partial charge is 0.338 e. The Balaban J connectivity index is 1.56. The first-order valence-electron chi connectivity index (χ1n) is 8.91. The van der Waals surface area contributed by atoms with E-state index in [2.05, 4.69) is 20.2 Å². The molecule has 0 radical (unpaired) electrons. The van der Waals surface area contributed by atoms with Crippen LogP contribution >= 0.6 is 0 Å². The minimum Gasteiger partial charge on any atom is -0.478 e. The van der Waals surface area contributed by atoms with Crippen molar-refractivity contribution in [3.05, 3.63) is 82.3 Å². The van der Waals surface area contributed by atoms with Crippen LogP contribution in [0.2, 0.25) is 0 Å². The van der Waals surface area contributed by atoms with Crippen LogP contribution in [0.3, 0.4) is 0 Å². The molecular weight excluding hydrogens is 391 g/mol. The zero-order chi connectivity index (χ0) is 20.8. The number of aromatic amines is 1. The average Bonchev–Trinajstić information content (AvgIpc) is 3.38. The van der Waals surface area contributed by atoms with Gasteiger partial charge in [0.15, 0.2) is 5.52 Å². The lowest BCUT2D eigenvalue weighted by Gasteiger charge is -2.08. The zero-order valence-electron chi connectivity index (χ0n) is 15.3. The number of nitrogens with one attached hydrogen (secondary N) is 1. The summed E-state index contributed by atoms with van der Waals surface area (Å²) >= 11 is 0. The standard InChI is InChI=1S/C20H13FN6O3/c21-16-12(6-5-11-3-1-2-4-14(11)16)9-26-17-15(8-23-26)24-20(25-18(17)28)27-10-13(7-22-27)19(29)30/h1-8,10H,9H2,(H,29,30)(H,24,25,28). The van der Waals surface area contributed by atoms with Crippen molar-refractivity contribution < 1.29 is 14.3 Å². The molecule has 0 saturated carbocycles. The summed E-state index contributed by atoms with van der Waals surface area (Å²) in [4.78, 5) is 30.5. The Morgan fingerprint density at radius 1 is 1.13 bits per heavy atom. The number of carboxylic acids is 1. The fourth-order valence-corrected chi connectivity index (χ4v) is 3.33. The first kappa shape index (κ1) is 17.7. The van der Waals surface area contributed by atoms with Crippen molar-refractivity contribution in [1.29, 1.82) is 0 Å². The van der Waals surface area contributed by atoms with E-state index in [-0.39, 0.29) is 34.9 Å². The Labute approximate surface area is 167 Å². The van der Waals surface area contributed by atoms with E-state index < -0.39 is 11.5 Å². The van der Waals surface area contributed by atoms with Crippen molar-refractivity contribution in [2.24, 2.45) is 0 Å². The summed E-state index contributed by atoms with van der Waals surface area (Å²) in [5.74, 6) is -1.46. The van der Waals surface area contributed by atoms with E-state index in [0.717, 1.165) is 16.3 Å². The summed E-state index contributed by atoms with van der Waals surface area (Å²) in [7, 11) is 0. The second kappa shape index (κ2) is 6.62. The van der Waals surface area contributed by atoms with Crippen molar-refractivity contribution in [1.82, 2.24) is 29.5 Å². The molecular formula is C20H13FN6O3. The second-order valence-electron chi connectivity index (χ2n) is 6.66. The van der Waals surface area contributed by atoms with Gasteiger partial charge in [-0.1, -0.05) is 36.4 Å². The van der Waals surface area contributed by atoms with Gasteiger partial charge in [-0.25, -0.2) is 18.9 Å². The fraction of sp³-hybridized carbons (Fsp3) is 0.0500. The third kappa shape index (κ3) is 2.82. The highest BCUT2D eigenvalue weighted by Crippen LogP contribution is 2.22. The summed E-state index contributed by atoms with van der Waals surface area (Å²) < 4.78 is 17.4. The molecule has 0 amide bonds. The Bertz CT molecular complexity index is 1500. The van der Waals surface area contributed by atoms with Gasteiger partial charge >= 0.3 is 5.97 Å². The van der Waals surface area contributed by atoms with Gasteiger partial charge in [-0.3, -0.25) is 14.5 Å². The molecule has 5 aromatic rings. The molecule has 0 aliphatic carbocycles. The SMILES string of the molecule is O=C(O)c1cnn(-c2nc3cnn(Cc4ccc5ccccc5c4F)c3c(=O)[nH]2)c1. The van der Waals surface area contributed by atoms with Crippen molar-refractivity contribution in [3.8, 4) is 5.95 Å². The molecule has 0 spiro atoms. The summed E-state index contributed by atoms with van der Waals surface area (Å²) in [6.07, 6.45) is 3.79. The van der Waals surface area contributed by atoms with Crippen molar-refractivity contribution >= 4 is 27.8 Å². The number of H-pyrrole nitrogens is 1. The maximum absolute atomic E-state index is 14.9. The van der Waals surface area contributed by atoms with E-state index >= 15 is 0 Å². The molecule has 0 atom stereocenters. The molecule has 0 unspecified atom stereocenters. The molecule has 10 heteroatoms. The van der Waals surface area contributed by atoms with Gasteiger partial charge in [0.1, 0.15) is 11.3 Å². The van der Waals surface area contributed by atoms with E-state index in [1.807, 2.05) is 18.2 Å². The third-order valence-corrected chi connectivity index (χ3v) is 4.80. The monoisotopic (exact) mass is 404 g/mol. The second-order valence-corrected chi connectivity index (χ2v) is 6.66.